The van der Waals surface area contributed by atoms with Crippen LogP contribution in [-0.4, -0.2) is 7.11 Å². The van der Waals surface area contributed by atoms with E-state index in [1.807, 2.05) is 18.2 Å². The maximum atomic E-state index is 5.19. The molecule has 1 aliphatic carbocycles. The number of aryl methyl sites for hydroxylation is 1. The maximum Gasteiger partial charge on any atom is 0.119 e. The molecule has 1 atom stereocenters. The molecule has 2 rings (SSSR count). The van der Waals surface area contributed by atoms with Gasteiger partial charge in [-0.05, 0) is 36.1 Å². The zero-order valence-corrected chi connectivity index (χ0v) is 8.84. The minimum absolute atomic E-state index is 0. The van der Waals surface area contributed by atoms with Gasteiger partial charge in [0.05, 0.1) is 7.11 Å². The van der Waals surface area contributed by atoms with Crippen LogP contribution in [0.5, 0.6) is 5.75 Å². The van der Waals surface area contributed by atoms with Crippen molar-refractivity contribution in [1.29, 1.82) is 0 Å². The van der Waals surface area contributed by atoms with Crippen LogP contribution in [-0.2, 0) is 11.3 Å². The van der Waals surface area contributed by atoms with E-state index in [-0.39, 0.29) is 18.5 Å². The first-order valence-corrected chi connectivity index (χ1v) is 4.37. The predicted molar refractivity (Wildman–Crippen MR) is 56.6 cm³/mol. The molecule has 1 unspecified atom stereocenters. The molecule has 0 fully saturated rings. The summed E-state index contributed by atoms with van der Waals surface area (Å²) in [4.78, 5) is 4.87. The van der Waals surface area contributed by atoms with Crippen LogP contribution >= 0.6 is 12.4 Å². The van der Waals surface area contributed by atoms with Crippen LogP contribution < -0.4 is 10.6 Å². The molecule has 3 nitrogen and oxygen atoms in total. The summed E-state index contributed by atoms with van der Waals surface area (Å²) in [5, 5.41) is 0. The molecular formula is C10H14ClNO2. The number of hydrogen-bond donors (Lipinski definition) is 1. The Bertz CT molecular complexity index is 317. The van der Waals surface area contributed by atoms with E-state index in [9.17, 15) is 0 Å². The van der Waals surface area contributed by atoms with E-state index < -0.39 is 0 Å². The van der Waals surface area contributed by atoms with E-state index in [1.165, 1.54) is 11.1 Å². The Labute approximate surface area is 89.6 Å². The van der Waals surface area contributed by atoms with Crippen molar-refractivity contribution >= 4 is 12.4 Å². The fourth-order valence-corrected chi connectivity index (χ4v) is 1.82. The van der Waals surface area contributed by atoms with Crippen molar-refractivity contribution in [3.05, 3.63) is 29.3 Å². The van der Waals surface area contributed by atoms with E-state index in [4.69, 9.17) is 15.5 Å². The average Bonchev–Trinajstić information content (AvgIpc) is 2.59. The van der Waals surface area contributed by atoms with E-state index in [1.54, 1.807) is 7.11 Å². The monoisotopic (exact) mass is 215 g/mol. The van der Waals surface area contributed by atoms with Gasteiger partial charge in [-0.2, -0.15) is 0 Å². The van der Waals surface area contributed by atoms with Crippen LogP contribution in [0, 0.1) is 0 Å². The highest BCUT2D eigenvalue weighted by Gasteiger charge is 2.22. The van der Waals surface area contributed by atoms with Crippen molar-refractivity contribution in [2.24, 2.45) is 5.90 Å². The summed E-state index contributed by atoms with van der Waals surface area (Å²) in [5.41, 5.74) is 2.48. The highest BCUT2D eigenvalue weighted by Crippen LogP contribution is 2.34. The van der Waals surface area contributed by atoms with Crippen molar-refractivity contribution in [3.8, 4) is 5.75 Å². The van der Waals surface area contributed by atoms with Gasteiger partial charge >= 0.3 is 0 Å². The Morgan fingerprint density at radius 3 is 2.86 bits per heavy atom. The second kappa shape index (κ2) is 4.64. The number of fused-ring (bicyclic) bond motifs is 1. The number of hydrogen-bond acceptors (Lipinski definition) is 3. The SMILES string of the molecule is COc1ccc2c(c1)CCC2ON.Cl. The van der Waals surface area contributed by atoms with Gasteiger partial charge in [-0.15, -0.1) is 12.4 Å². The zero-order valence-electron chi connectivity index (χ0n) is 8.03. The summed E-state index contributed by atoms with van der Waals surface area (Å²) in [5.74, 6) is 6.09. The summed E-state index contributed by atoms with van der Waals surface area (Å²) >= 11 is 0. The predicted octanol–water partition coefficient (Wildman–Crippen LogP) is 1.99. The Hall–Kier alpha value is -0.770. The van der Waals surface area contributed by atoms with Crippen molar-refractivity contribution in [2.75, 3.05) is 7.11 Å². The molecule has 0 aliphatic heterocycles. The van der Waals surface area contributed by atoms with Gasteiger partial charge in [0.2, 0.25) is 0 Å². The first-order chi connectivity index (χ1) is 6.35. The maximum absolute atomic E-state index is 5.19. The molecule has 2 N–H and O–H groups in total. The fraction of sp³-hybridized carbons (Fsp3) is 0.400. The molecule has 0 radical (unpaired) electrons. The highest BCUT2D eigenvalue weighted by molar-refractivity contribution is 5.85. The molecule has 4 heteroatoms. The van der Waals surface area contributed by atoms with Gasteiger partial charge in [-0.3, -0.25) is 4.84 Å². The molecule has 1 aromatic carbocycles. The molecule has 1 aliphatic rings. The molecule has 14 heavy (non-hydrogen) atoms. The van der Waals surface area contributed by atoms with Crippen LogP contribution in [0.4, 0.5) is 0 Å². The van der Waals surface area contributed by atoms with Gasteiger partial charge in [0.25, 0.3) is 0 Å². The summed E-state index contributed by atoms with van der Waals surface area (Å²) < 4.78 is 5.14. The standard InChI is InChI=1S/C10H13NO2.ClH/c1-12-8-3-4-9-7(6-8)2-5-10(9)13-11;/h3-4,6,10H,2,5,11H2,1H3;1H. The van der Waals surface area contributed by atoms with Crippen LogP contribution in [0.1, 0.15) is 23.7 Å². The number of halogens is 1. The number of methoxy groups -OCH3 is 1. The lowest BCUT2D eigenvalue weighted by Crippen LogP contribution is -2.05. The molecule has 0 saturated carbocycles. The molecule has 0 amide bonds. The van der Waals surface area contributed by atoms with Crippen molar-refractivity contribution in [1.82, 2.24) is 0 Å². The van der Waals surface area contributed by atoms with Gasteiger partial charge in [0.15, 0.2) is 0 Å². The van der Waals surface area contributed by atoms with Crippen LogP contribution in [0.2, 0.25) is 0 Å². The highest BCUT2D eigenvalue weighted by atomic mass is 35.5. The Balaban J connectivity index is 0.000000980. The lowest BCUT2D eigenvalue weighted by Gasteiger charge is -2.08. The largest absolute Gasteiger partial charge is 0.497 e. The number of ether oxygens (including phenoxy) is 1. The number of rotatable bonds is 2. The van der Waals surface area contributed by atoms with Gasteiger partial charge < -0.3 is 4.74 Å². The number of benzene rings is 1. The second-order valence-electron chi connectivity index (χ2n) is 3.23. The van der Waals surface area contributed by atoms with Crippen molar-refractivity contribution < 1.29 is 9.57 Å². The van der Waals surface area contributed by atoms with Crippen molar-refractivity contribution in [3.63, 3.8) is 0 Å². The molecule has 0 saturated heterocycles. The van der Waals surface area contributed by atoms with E-state index in [2.05, 4.69) is 0 Å². The Morgan fingerprint density at radius 1 is 1.43 bits per heavy atom. The minimum Gasteiger partial charge on any atom is -0.497 e. The molecule has 1 aromatic rings. The molecule has 78 valence electrons. The summed E-state index contributed by atoms with van der Waals surface area (Å²) in [7, 11) is 1.67. The third kappa shape index (κ3) is 1.85. The Morgan fingerprint density at radius 2 is 2.21 bits per heavy atom. The van der Waals surface area contributed by atoms with Crippen LogP contribution in [0.25, 0.3) is 0 Å². The summed E-state index contributed by atoms with van der Waals surface area (Å²) in [6.07, 6.45) is 2.06. The van der Waals surface area contributed by atoms with E-state index >= 15 is 0 Å². The normalized spacial score (nSPS) is 18.6. The van der Waals surface area contributed by atoms with E-state index in [0.717, 1.165) is 18.6 Å². The third-order valence-corrected chi connectivity index (χ3v) is 2.54. The first-order valence-electron chi connectivity index (χ1n) is 4.37. The molecule has 0 aromatic heterocycles. The topological polar surface area (TPSA) is 44.5 Å². The van der Waals surface area contributed by atoms with E-state index in [0.29, 0.717) is 0 Å². The lowest BCUT2D eigenvalue weighted by atomic mass is 10.1. The average molecular weight is 216 g/mol. The molecule has 0 spiro atoms. The van der Waals surface area contributed by atoms with Gasteiger partial charge in [0.1, 0.15) is 11.9 Å². The van der Waals surface area contributed by atoms with Crippen LogP contribution in [0.15, 0.2) is 18.2 Å². The van der Waals surface area contributed by atoms with Gasteiger partial charge in [0, 0.05) is 0 Å². The zero-order chi connectivity index (χ0) is 9.26. The van der Waals surface area contributed by atoms with Gasteiger partial charge in [-0.25, -0.2) is 5.90 Å². The Kier molecular flexibility index (Phi) is 3.75. The molecule has 0 heterocycles. The smallest absolute Gasteiger partial charge is 0.119 e. The molecule has 0 bridgehead atoms. The summed E-state index contributed by atoms with van der Waals surface area (Å²) in [6.45, 7) is 0. The number of nitrogens with two attached hydrogens (primary N) is 1. The fourth-order valence-electron chi connectivity index (χ4n) is 1.82. The minimum atomic E-state index is 0. The van der Waals surface area contributed by atoms with Gasteiger partial charge in [-0.1, -0.05) is 6.07 Å². The summed E-state index contributed by atoms with van der Waals surface area (Å²) in [6, 6.07) is 6.02. The van der Waals surface area contributed by atoms with Crippen LogP contribution in [0.3, 0.4) is 0 Å². The third-order valence-electron chi connectivity index (χ3n) is 2.54. The van der Waals surface area contributed by atoms with Crippen molar-refractivity contribution in [2.45, 2.75) is 18.9 Å². The first kappa shape index (κ1) is 11.3. The second-order valence-corrected chi connectivity index (χ2v) is 3.23. The lowest BCUT2D eigenvalue weighted by molar-refractivity contribution is 0.0542. The molecular weight excluding hydrogens is 202 g/mol. The quantitative estimate of drug-likeness (QED) is 0.768.